The van der Waals surface area contributed by atoms with Crippen molar-refractivity contribution in [2.24, 2.45) is 5.41 Å². The smallest absolute Gasteiger partial charge is 0.270 e. The Morgan fingerprint density at radius 3 is 2.88 bits per heavy atom. The molecule has 5 heteroatoms. The number of benzene rings is 1. The van der Waals surface area contributed by atoms with E-state index in [0.29, 0.717) is 12.5 Å². The molecule has 2 aliphatic heterocycles. The number of carbonyl (C=O) groups is 1. The zero-order chi connectivity index (χ0) is 18.1. The highest BCUT2D eigenvalue weighted by Gasteiger charge is 2.34. The number of nitrogens with one attached hydrogen (secondary N) is 1. The highest BCUT2D eigenvalue weighted by atomic mass is 16.7. The van der Waals surface area contributed by atoms with Crippen LogP contribution in [-0.2, 0) is 12.8 Å². The minimum Gasteiger partial charge on any atom is -0.454 e. The lowest BCUT2D eigenvalue weighted by molar-refractivity contribution is 0.0545. The first-order valence-electron chi connectivity index (χ1n) is 9.42. The first kappa shape index (κ1) is 17.0. The molecule has 1 amide bonds. The van der Waals surface area contributed by atoms with Gasteiger partial charge in [0.2, 0.25) is 6.79 Å². The number of likely N-dealkylation sites (tertiary alicyclic amines) is 1. The first-order valence-corrected chi connectivity index (χ1v) is 9.42. The molecule has 1 aromatic carbocycles. The largest absolute Gasteiger partial charge is 0.454 e. The maximum absolute atomic E-state index is 12.9. The SMILES string of the molecule is CCc1ccc(C(=O)N2CCC[C@](C)(Cc3ccc4c(c3)OCO4)C2)[nH]1. The van der Waals surface area contributed by atoms with Gasteiger partial charge in [-0.3, -0.25) is 4.79 Å². The minimum atomic E-state index is 0.0712. The quantitative estimate of drug-likeness (QED) is 0.909. The Labute approximate surface area is 154 Å². The van der Waals surface area contributed by atoms with E-state index in [0.717, 1.165) is 56.0 Å². The van der Waals surface area contributed by atoms with E-state index < -0.39 is 0 Å². The Morgan fingerprint density at radius 2 is 2.08 bits per heavy atom. The van der Waals surface area contributed by atoms with Crippen molar-refractivity contribution in [3.05, 3.63) is 47.3 Å². The lowest BCUT2D eigenvalue weighted by atomic mass is 9.77. The van der Waals surface area contributed by atoms with Crippen LogP contribution in [-0.4, -0.2) is 35.7 Å². The van der Waals surface area contributed by atoms with Crippen LogP contribution in [0.25, 0.3) is 0 Å². The van der Waals surface area contributed by atoms with Crippen LogP contribution in [0, 0.1) is 5.41 Å². The molecule has 0 bridgehead atoms. The molecular weight excluding hydrogens is 328 g/mol. The third-order valence-electron chi connectivity index (χ3n) is 5.49. The molecule has 5 nitrogen and oxygen atoms in total. The number of carbonyl (C=O) groups excluding carboxylic acids is 1. The second kappa shape index (κ2) is 6.71. The number of piperidine rings is 1. The summed E-state index contributed by atoms with van der Waals surface area (Å²) in [5, 5.41) is 0. The fourth-order valence-electron chi connectivity index (χ4n) is 4.12. The normalized spacial score (nSPS) is 21.8. The van der Waals surface area contributed by atoms with E-state index in [1.165, 1.54) is 5.56 Å². The summed E-state index contributed by atoms with van der Waals surface area (Å²) in [4.78, 5) is 18.1. The summed E-state index contributed by atoms with van der Waals surface area (Å²) in [6.45, 7) is 6.28. The maximum Gasteiger partial charge on any atom is 0.270 e. The topological polar surface area (TPSA) is 54.6 Å². The monoisotopic (exact) mass is 354 g/mol. The van der Waals surface area contributed by atoms with Gasteiger partial charge in [-0.1, -0.05) is 19.9 Å². The number of H-pyrrole nitrogens is 1. The van der Waals surface area contributed by atoms with Gasteiger partial charge in [0.15, 0.2) is 11.5 Å². The van der Waals surface area contributed by atoms with Gasteiger partial charge < -0.3 is 19.4 Å². The van der Waals surface area contributed by atoms with Gasteiger partial charge in [0.25, 0.3) is 5.91 Å². The molecule has 3 heterocycles. The Balaban J connectivity index is 1.47. The van der Waals surface area contributed by atoms with Crippen molar-refractivity contribution in [3.63, 3.8) is 0 Å². The van der Waals surface area contributed by atoms with Crippen LogP contribution in [0.2, 0.25) is 0 Å². The average Bonchev–Trinajstić information content (AvgIpc) is 3.29. The summed E-state index contributed by atoms with van der Waals surface area (Å²) in [7, 11) is 0. The molecule has 2 aliphatic rings. The van der Waals surface area contributed by atoms with E-state index >= 15 is 0 Å². The highest BCUT2D eigenvalue weighted by molar-refractivity contribution is 5.92. The highest BCUT2D eigenvalue weighted by Crippen LogP contribution is 2.37. The van der Waals surface area contributed by atoms with Crippen molar-refractivity contribution in [3.8, 4) is 11.5 Å². The Bertz CT molecular complexity index is 813. The van der Waals surface area contributed by atoms with Crippen molar-refractivity contribution in [1.82, 2.24) is 9.88 Å². The Kier molecular flexibility index (Phi) is 4.39. The van der Waals surface area contributed by atoms with Gasteiger partial charge in [0.05, 0.1) is 0 Å². The minimum absolute atomic E-state index is 0.0712. The number of rotatable bonds is 4. The van der Waals surface area contributed by atoms with Gasteiger partial charge in [-0.25, -0.2) is 0 Å². The van der Waals surface area contributed by atoms with Crippen LogP contribution in [0.15, 0.2) is 30.3 Å². The molecule has 0 radical (unpaired) electrons. The molecule has 0 unspecified atom stereocenters. The molecule has 4 rings (SSSR count). The number of hydrogen-bond acceptors (Lipinski definition) is 3. The Morgan fingerprint density at radius 1 is 1.23 bits per heavy atom. The zero-order valence-electron chi connectivity index (χ0n) is 15.5. The second-order valence-electron chi connectivity index (χ2n) is 7.76. The predicted octanol–water partition coefficient (Wildman–Crippen LogP) is 3.79. The van der Waals surface area contributed by atoms with E-state index in [1.54, 1.807) is 0 Å². The standard InChI is InChI=1S/C21H26N2O3/c1-3-16-6-7-17(22-16)20(24)23-10-4-9-21(2,13-23)12-15-5-8-18-19(11-15)26-14-25-18/h5-8,11,22H,3-4,9-10,12-14H2,1-2H3/t21-/m1/s1. The van der Waals surface area contributed by atoms with Crippen molar-refractivity contribution >= 4 is 5.91 Å². The van der Waals surface area contributed by atoms with Crippen molar-refractivity contribution in [2.45, 2.75) is 39.5 Å². The van der Waals surface area contributed by atoms with E-state index in [9.17, 15) is 4.79 Å². The van der Waals surface area contributed by atoms with Gasteiger partial charge >= 0.3 is 0 Å². The van der Waals surface area contributed by atoms with Crippen LogP contribution in [0.4, 0.5) is 0 Å². The summed E-state index contributed by atoms with van der Waals surface area (Å²) >= 11 is 0. The van der Waals surface area contributed by atoms with Gasteiger partial charge in [-0.05, 0) is 60.9 Å². The molecule has 0 spiro atoms. The van der Waals surface area contributed by atoms with Crippen LogP contribution in [0.3, 0.4) is 0 Å². The number of ether oxygens (including phenoxy) is 2. The number of amides is 1. The summed E-state index contributed by atoms with van der Waals surface area (Å²) in [5.74, 6) is 1.76. The van der Waals surface area contributed by atoms with Crippen LogP contribution in [0.1, 0.15) is 48.4 Å². The molecule has 1 N–H and O–H groups in total. The number of aryl methyl sites for hydroxylation is 1. The molecule has 0 aliphatic carbocycles. The second-order valence-corrected chi connectivity index (χ2v) is 7.76. The third kappa shape index (κ3) is 3.30. The van der Waals surface area contributed by atoms with Crippen molar-refractivity contribution in [2.75, 3.05) is 19.9 Å². The number of aromatic amines is 1. The summed E-state index contributed by atoms with van der Waals surface area (Å²) < 4.78 is 10.9. The van der Waals surface area contributed by atoms with Crippen LogP contribution in [0.5, 0.6) is 11.5 Å². The van der Waals surface area contributed by atoms with Crippen LogP contribution >= 0.6 is 0 Å². The summed E-state index contributed by atoms with van der Waals surface area (Å²) in [6.07, 6.45) is 4.00. The number of hydrogen-bond donors (Lipinski definition) is 1. The molecule has 1 atom stereocenters. The summed E-state index contributed by atoms with van der Waals surface area (Å²) in [6, 6.07) is 10.1. The molecule has 26 heavy (non-hydrogen) atoms. The molecule has 1 fully saturated rings. The Hall–Kier alpha value is -2.43. The molecule has 1 aromatic heterocycles. The van der Waals surface area contributed by atoms with Gasteiger partial charge in [0, 0.05) is 18.8 Å². The van der Waals surface area contributed by atoms with E-state index in [1.807, 2.05) is 23.1 Å². The molecule has 138 valence electrons. The molecule has 2 aromatic rings. The zero-order valence-corrected chi connectivity index (χ0v) is 15.5. The van der Waals surface area contributed by atoms with Crippen molar-refractivity contribution in [1.29, 1.82) is 0 Å². The van der Waals surface area contributed by atoms with E-state index in [4.69, 9.17) is 9.47 Å². The molecular formula is C21H26N2O3. The number of fused-ring (bicyclic) bond motifs is 1. The van der Waals surface area contributed by atoms with Crippen molar-refractivity contribution < 1.29 is 14.3 Å². The fraction of sp³-hybridized carbons (Fsp3) is 0.476. The lowest BCUT2D eigenvalue weighted by Crippen LogP contribution is -2.45. The third-order valence-corrected chi connectivity index (χ3v) is 5.49. The van der Waals surface area contributed by atoms with Gasteiger partial charge in [-0.2, -0.15) is 0 Å². The summed E-state index contributed by atoms with van der Waals surface area (Å²) in [5.41, 5.74) is 3.11. The number of aromatic nitrogens is 1. The van der Waals surface area contributed by atoms with E-state index in [2.05, 4.69) is 31.0 Å². The van der Waals surface area contributed by atoms with Gasteiger partial charge in [0.1, 0.15) is 5.69 Å². The van der Waals surface area contributed by atoms with Crippen LogP contribution < -0.4 is 9.47 Å². The average molecular weight is 354 g/mol. The first-order chi connectivity index (χ1) is 12.6. The predicted molar refractivity (Wildman–Crippen MR) is 99.7 cm³/mol. The fourth-order valence-corrected chi connectivity index (χ4v) is 4.12. The van der Waals surface area contributed by atoms with Gasteiger partial charge in [-0.15, -0.1) is 0 Å². The maximum atomic E-state index is 12.9. The molecule has 1 saturated heterocycles. The molecule has 0 saturated carbocycles. The van der Waals surface area contributed by atoms with E-state index in [-0.39, 0.29) is 11.3 Å². The lowest BCUT2D eigenvalue weighted by Gasteiger charge is -2.40. The number of nitrogens with zero attached hydrogens (tertiary/aromatic N) is 1.